The Kier molecular flexibility index (Phi) is 9.26. The third-order valence-corrected chi connectivity index (χ3v) is 3.83. The molecule has 1 unspecified atom stereocenters. The van der Waals surface area contributed by atoms with E-state index in [1.807, 2.05) is 0 Å². The van der Waals surface area contributed by atoms with Crippen molar-refractivity contribution in [1.29, 1.82) is 0 Å². The Morgan fingerprint density at radius 3 is 2.25 bits per heavy atom. The molecule has 1 amide bonds. The number of nitrogens with one attached hydrogen (secondary N) is 1. The van der Waals surface area contributed by atoms with Crippen molar-refractivity contribution >= 4 is 11.9 Å². The predicted molar refractivity (Wildman–Crippen MR) is 98.7 cm³/mol. The maximum atomic E-state index is 11.7. The van der Waals surface area contributed by atoms with Gasteiger partial charge >= 0.3 is 5.97 Å². The van der Waals surface area contributed by atoms with Gasteiger partial charge in [0.1, 0.15) is 0 Å². The summed E-state index contributed by atoms with van der Waals surface area (Å²) in [5.74, 6) is -1.86. The van der Waals surface area contributed by atoms with Crippen LogP contribution in [0.1, 0.15) is 66.7 Å². The van der Waals surface area contributed by atoms with Crippen LogP contribution in [0, 0.1) is 16.7 Å². The van der Waals surface area contributed by atoms with E-state index in [0.717, 1.165) is 18.4 Å². The average Bonchev–Trinajstić information content (AvgIpc) is 2.37. The SMILES string of the molecule is C=C(CCC(CC(=O)NCCN)C(=O)O)CC(C)(C)CC(C)(C)C. The van der Waals surface area contributed by atoms with Gasteiger partial charge in [-0.15, -0.1) is 0 Å². The Labute approximate surface area is 147 Å². The summed E-state index contributed by atoms with van der Waals surface area (Å²) in [6, 6.07) is 0. The molecule has 0 aromatic carbocycles. The maximum Gasteiger partial charge on any atom is 0.307 e. The third kappa shape index (κ3) is 11.2. The van der Waals surface area contributed by atoms with Crippen molar-refractivity contribution in [3.05, 3.63) is 12.2 Å². The molecule has 0 aliphatic carbocycles. The molecule has 0 aromatic heterocycles. The van der Waals surface area contributed by atoms with Gasteiger partial charge in [0, 0.05) is 19.5 Å². The normalized spacial score (nSPS) is 13.4. The summed E-state index contributed by atoms with van der Waals surface area (Å²) in [4.78, 5) is 23.1. The summed E-state index contributed by atoms with van der Waals surface area (Å²) >= 11 is 0. The van der Waals surface area contributed by atoms with Crippen molar-refractivity contribution in [1.82, 2.24) is 5.32 Å². The monoisotopic (exact) mass is 340 g/mol. The number of amides is 1. The summed E-state index contributed by atoms with van der Waals surface area (Å²) in [5, 5.41) is 11.9. The van der Waals surface area contributed by atoms with Gasteiger partial charge in [-0.3, -0.25) is 9.59 Å². The second kappa shape index (κ2) is 9.82. The number of hydrogen-bond acceptors (Lipinski definition) is 3. The van der Waals surface area contributed by atoms with E-state index in [-0.39, 0.29) is 23.2 Å². The first-order valence-electron chi connectivity index (χ1n) is 8.72. The van der Waals surface area contributed by atoms with Gasteiger partial charge in [-0.05, 0) is 36.5 Å². The van der Waals surface area contributed by atoms with Crippen LogP contribution in [0.25, 0.3) is 0 Å². The summed E-state index contributed by atoms with van der Waals surface area (Å²) in [5.41, 5.74) is 6.76. The van der Waals surface area contributed by atoms with Crippen molar-refractivity contribution < 1.29 is 14.7 Å². The van der Waals surface area contributed by atoms with Gasteiger partial charge in [-0.2, -0.15) is 0 Å². The quantitative estimate of drug-likeness (QED) is 0.503. The van der Waals surface area contributed by atoms with E-state index in [9.17, 15) is 14.7 Å². The number of hydrogen-bond donors (Lipinski definition) is 3. The van der Waals surface area contributed by atoms with E-state index in [0.29, 0.717) is 25.9 Å². The van der Waals surface area contributed by atoms with Crippen LogP contribution in [0.2, 0.25) is 0 Å². The van der Waals surface area contributed by atoms with Crippen molar-refractivity contribution in [3.8, 4) is 0 Å². The lowest BCUT2D eigenvalue weighted by Crippen LogP contribution is -2.32. The zero-order valence-electron chi connectivity index (χ0n) is 16.1. The molecule has 0 heterocycles. The summed E-state index contributed by atoms with van der Waals surface area (Å²) in [6.45, 7) is 15.9. The molecule has 0 fully saturated rings. The van der Waals surface area contributed by atoms with Crippen LogP contribution < -0.4 is 11.1 Å². The first-order valence-corrected chi connectivity index (χ1v) is 8.72. The lowest BCUT2D eigenvalue weighted by atomic mass is 9.72. The Hall–Kier alpha value is -1.36. The van der Waals surface area contributed by atoms with Crippen LogP contribution in [-0.2, 0) is 9.59 Å². The van der Waals surface area contributed by atoms with Gasteiger partial charge in [0.25, 0.3) is 0 Å². The third-order valence-electron chi connectivity index (χ3n) is 3.83. The van der Waals surface area contributed by atoms with Crippen molar-refractivity contribution in [2.45, 2.75) is 66.7 Å². The molecule has 0 saturated heterocycles. The van der Waals surface area contributed by atoms with Crippen LogP contribution in [-0.4, -0.2) is 30.1 Å². The minimum absolute atomic E-state index is 0.00596. The minimum Gasteiger partial charge on any atom is -0.481 e. The zero-order valence-corrected chi connectivity index (χ0v) is 16.1. The number of rotatable bonds is 11. The fourth-order valence-corrected chi connectivity index (χ4v) is 3.46. The maximum absolute atomic E-state index is 11.7. The topological polar surface area (TPSA) is 92.4 Å². The highest BCUT2D eigenvalue weighted by Crippen LogP contribution is 2.38. The van der Waals surface area contributed by atoms with E-state index in [1.165, 1.54) is 0 Å². The molecule has 0 radical (unpaired) electrons. The van der Waals surface area contributed by atoms with E-state index in [4.69, 9.17) is 5.73 Å². The highest BCUT2D eigenvalue weighted by atomic mass is 16.4. The molecule has 4 N–H and O–H groups in total. The molecule has 0 aliphatic heterocycles. The van der Waals surface area contributed by atoms with Gasteiger partial charge in [0.05, 0.1) is 5.92 Å². The summed E-state index contributed by atoms with van der Waals surface area (Å²) < 4.78 is 0. The standard InChI is InChI=1S/C19H36N2O3/c1-14(12-19(5,6)13-18(2,3)4)7-8-15(17(23)24)11-16(22)21-10-9-20/h15H,1,7-13,20H2,2-6H3,(H,21,22)(H,23,24). The fourth-order valence-electron chi connectivity index (χ4n) is 3.46. The number of nitrogens with two attached hydrogens (primary N) is 1. The molecule has 0 bridgehead atoms. The number of carbonyl (C=O) groups excluding carboxylic acids is 1. The lowest BCUT2D eigenvalue weighted by Gasteiger charge is -2.33. The molecular weight excluding hydrogens is 304 g/mol. The number of aliphatic carboxylic acids is 1. The summed E-state index contributed by atoms with van der Waals surface area (Å²) in [7, 11) is 0. The molecule has 5 heteroatoms. The molecule has 0 rings (SSSR count). The van der Waals surface area contributed by atoms with Gasteiger partial charge in [-0.25, -0.2) is 0 Å². The highest BCUT2D eigenvalue weighted by Gasteiger charge is 2.27. The fraction of sp³-hybridized carbons (Fsp3) is 0.789. The van der Waals surface area contributed by atoms with Crippen LogP contribution in [0.5, 0.6) is 0 Å². The number of carboxylic acids is 1. The Balaban J connectivity index is 4.47. The molecule has 24 heavy (non-hydrogen) atoms. The molecule has 0 aromatic rings. The average molecular weight is 341 g/mol. The van der Waals surface area contributed by atoms with Crippen LogP contribution >= 0.6 is 0 Å². The van der Waals surface area contributed by atoms with Gasteiger partial charge in [0.2, 0.25) is 5.91 Å². The molecule has 140 valence electrons. The molecular formula is C19H36N2O3. The number of carbonyl (C=O) groups is 2. The number of allylic oxidation sites excluding steroid dienone is 1. The Morgan fingerprint density at radius 1 is 1.21 bits per heavy atom. The van der Waals surface area contributed by atoms with Crippen LogP contribution in [0.4, 0.5) is 0 Å². The number of carboxylic acid groups (broad SMARTS) is 1. The van der Waals surface area contributed by atoms with Crippen molar-refractivity contribution in [2.75, 3.05) is 13.1 Å². The molecule has 1 atom stereocenters. The van der Waals surface area contributed by atoms with E-state index in [2.05, 4.69) is 46.5 Å². The molecule has 0 aliphatic rings. The summed E-state index contributed by atoms with van der Waals surface area (Å²) in [6.07, 6.45) is 3.01. The minimum atomic E-state index is -0.931. The Morgan fingerprint density at radius 2 is 1.79 bits per heavy atom. The highest BCUT2D eigenvalue weighted by molar-refractivity contribution is 5.82. The van der Waals surface area contributed by atoms with Crippen molar-refractivity contribution in [3.63, 3.8) is 0 Å². The first-order chi connectivity index (χ1) is 10.9. The first kappa shape index (κ1) is 22.6. The van der Waals surface area contributed by atoms with Gasteiger partial charge < -0.3 is 16.2 Å². The van der Waals surface area contributed by atoms with E-state index >= 15 is 0 Å². The van der Waals surface area contributed by atoms with Gasteiger partial charge in [-0.1, -0.05) is 46.8 Å². The zero-order chi connectivity index (χ0) is 19.0. The smallest absolute Gasteiger partial charge is 0.307 e. The molecule has 0 spiro atoms. The molecule has 0 saturated carbocycles. The van der Waals surface area contributed by atoms with Crippen LogP contribution in [0.15, 0.2) is 12.2 Å². The lowest BCUT2D eigenvalue weighted by molar-refractivity contribution is -0.144. The Bertz CT molecular complexity index is 436. The predicted octanol–water partition coefficient (Wildman–Crippen LogP) is 3.34. The second-order valence-electron chi connectivity index (χ2n) is 8.75. The molecule has 5 nitrogen and oxygen atoms in total. The van der Waals surface area contributed by atoms with E-state index < -0.39 is 11.9 Å². The largest absolute Gasteiger partial charge is 0.481 e. The van der Waals surface area contributed by atoms with E-state index in [1.54, 1.807) is 0 Å². The second-order valence-corrected chi connectivity index (χ2v) is 8.75. The van der Waals surface area contributed by atoms with Crippen LogP contribution in [0.3, 0.4) is 0 Å². The van der Waals surface area contributed by atoms with Crippen molar-refractivity contribution in [2.24, 2.45) is 22.5 Å². The van der Waals surface area contributed by atoms with Gasteiger partial charge in [0.15, 0.2) is 0 Å².